The summed E-state index contributed by atoms with van der Waals surface area (Å²) in [6.07, 6.45) is 0. The number of carbonyl (C=O) groups is 1. The Bertz CT molecular complexity index is 950. The number of hydrogen-bond acceptors (Lipinski definition) is 5. The highest BCUT2D eigenvalue weighted by atomic mass is 32.1. The molecule has 0 spiro atoms. The van der Waals surface area contributed by atoms with Crippen LogP contribution in [0.25, 0.3) is 10.8 Å². The molecule has 2 aromatic heterocycles. The molecule has 3 rings (SSSR count). The highest BCUT2D eigenvalue weighted by Gasteiger charge is 2.20. The van der Waals surface area contributed by atoms with Crippen molar-refractivity contribution in [3.8, 4) is 16.5 Å². The summed E-state index contributed by atoms with van der Waals surface area (Å²) in [7, 11) is 0. The van der Waals surface area contributed by atoms with Crippen LogP contribution in [0.4, 0.5) is 14.5 Å². The minimum Gasteiger partial charge on any atom is -0.459 e. The summed E-state index contributed by atoms with van der Waals surface area (Å²) in [6.45, 7) is 2.25. The van der Waals surface area contributed by atoms with E-state index in [9.17, 15) is 13.6 Å². The summed E-state index contributed by atoms with van der Waals surface area (Å²) in [5.74, 6) is 0.792. The molecule has 136 valence electrons. The fourth-order valence-corrected chi connectivity index (χ4v) is 3.35. The Morgan fingerprint density at radius 3 is 2.65 bits per heavy atom. The molecule has 0 aliphatic carbocycles. The van der Waals surface area contributed by atoms with Crippen LogP contribution >= 0.6 is 11.3 Å². The SMILES string of the molecule is Cc1ccc(-c2nc(C)c(C(=O)Nc3c(C)cccc3OC(F)F)s2)o1. The lowest BCUT2D eigenvalue weighted by Gasteiger charge is -2.13. The molecule has 0 saturated heterocycles. The van der Waals surface area contributed by atoms with Gasteiger partial charge in [0.15, 0.2) is 10.8 Å². The van der Waals surface area contributed by atoms with Gasteiger partial charge in [0.2, 0.25) is 0 Å². The van der Waals surface area contributed by atoms with Crippen LogP contribution in [0.2, 0.25) is 0 Å². The molecule has 2 heterocycles. The minimum atomic E-state index is -2.98. The van der Waals surface area contributed by atoms with E-state index in [2.05, 4.69) is 15.0 Å². The maximum Gasteiger partial charge on any atom is 0.387 e. The zero-order chi connectivity index (χ0) is 18.8. The van der Waals surface area contributed by atoms with Gasteiger partial charge < -0.3 is 14.5 Å². The number of para-hydroxylation sites is 1. The second kappa shape index (κ2) is 7.25. The molecule has 8 heteroatoms. The van der Waals surface area contributed by atoms with E-state index in [0.717, 1.165) is 5.76 Å². The van der Waals surface area contributed by atoms with Gasteiger partial charge in [0.05, 0.1) is 11.4 Å². The number of amides is 1. The Labute approximate surface area is 152 Å². The first-order chi connectivity index (χ1) is 12.3. The summed E-state index contributed by atoms with van der Waals surface area (Å²) in [6, 6.07) is 8.26. The number of thiazole rings is 1. The van der Waals surface area contributed by atoms with Crippen molar-refractivity contribution in [3.05, 3.63) is 52.2 Å². The van der Waals surface area contributed by atoms with E-state index >= 15 is 0 Å². The summed E-state index contributed by atoms with van der Waals surface area (Å²) < 4.78 is 35.2. The van der Waals surface area contributed by atoms with Crippen molar-refractivity contribution in [1.29, 1.82) is 0 Å². The number of aromatic nitrogens is 1. The van der Waals surface area contributed by atoms with Gasteiger partial charge in [-0.3, -0.25) is 4.79 Å². The smallest absolute Gasteiger partial charge is 0.387 e. The molecule has 0 aliphatic heterocycles. The van der Waals surface area contributed by atoms with Crippen LogP contribution in [0, 0.1) is 20.8 Å². The third-order valence-corrected chi connectivity index (χ3v) is 4.81. The van der Waals surface area contributed by atoms with E-state index < -0.39 is 12.5 Å². The van der Waals surface area contributed by atoms with E-state index in [4.69, 9.17) is 4.42 Å². The Hall–Kier alpha value is -2.74. The van der Waals surface area contributed by atoms with E-state index in [-0.39, 0.29) is 11.4 Å². The molecule has 0 unspecified atom stereocenters. The molecule has 0 radical (unpaired) electrons. The Morgan fingerprint density at radius 2 is 2.00 bits per heavy atom. The Balaban J connectivity index is 1.89. The normalized spacial score (nSPS) is 11.0. The largest absolute Gasteiger partial charge is 0.459 e. The lowest BCUT2D eigenvalue weighted by atomic mass is 10.2. The molecule has 5 nitrogen and oxygen atoms in total. The number of benzene rings is 1. The quantitative estimate of drug-likeness (QED) is 0.664. The molecule has 0 bridgehead atoms. The minimum absolute atomic E-state index is 0.0857. The number of rotatable bonds is 5. The molecule has 0 atom stereocenters. The molecule has 3 aromatic rings. The van der Waals surface area contributed by atoms with Crippen LogP contribution in [-0.4, -0.2) is 17.5 Å². The number of aryl methyl sites for hydroxylation is 3. The van der Waals surface area contributed by atoms with Crippen LogP contribution in [0.1, 0.15) is 26.7 Å². The van der Waals surface area contributed by atoms with Gasteiger partial charge in [0.1, 0.15) is 16.4 Å². The summed E-state index contributed by atoms with van der Waals surface area (Å²) in [4.78, 5) is 17.4. The molecular formula is C18H16F2N2O3S. The number of alkyl halides is 2. The number of nitrogens with zero attached hydrogens (tertiary/aromatic N) is 1. The Kier molecular flexibility index (Phi) is 5.03. The van der Waals surface area contributed by atoms with E-state index in [1.165, 1.54) is 17.4 Å². The first-order valence-electron chi connectivity index (χ1n) is 7.75. The molecular weight excluding hydrogens is 362 g/mol. The van der Waals surface area contributed by atoms with Crippen molar-refractivity contribution in [1.82, 2.24) is 4.98 Å². The van der Waals surface area contributed by atoms with E-state index in [1.807, 2.05) is 13.0 Å². The van der Waals surface area contributed by atoms with Gasteiger partial charge in [0, 0.05) is 0 Å². The highest BCUT2D eigenvalue weighted by Crippen LogP contribution is 2.33. The van der Waals surface area contributed by atoms with Gasteiger partial charge >= 0.3 is 6.61 Å². The molecule has 0 saturated carbocycles. The number of anilines is 1. The molecule has 26 heavy (non-hydrogen) atoms. The fourth-order valence-electron chi connectivity index (χ4n) is 2.43. The number of furan rings is 1. The lowest BCUT2D eigenvalue weighted by molar-refractivity contribution is -0.0493. The first-order valence-corrected chi connectivity index (χ1v) is 8.57. The van der Waals surface area contributed by atoms with Crippen molar-refractivity contribution >= 4 is 22.9 Å². The monoisotopic (exact) mass is 378 g/mol. The van der Waals surface area contributed by atoms with E-state index in [1.54, 1.807) is 32.0 Å². The number of ether oxygens (including phenoxy) is 1. The highest BCUT2D eigenvalue weighted by molar-refractivity contribution is 7.17. The van der Waals surface area contributed by atoms with Crippen molar-refractivity contribution in [3.63, 3.8) is 0 Å². The third kappa shape index (κ3) is 3.75. The third-order valence-electron chi connectivity index (χ3n) is 3.64. The van der Waals surface area contributed by atoms with Gasteiger partial charge in [-0.05, 0) is 44.5 Å². The van der Waals surface area contributed by atoms with Gasteiger partial charge in [-0.1, -0.05) is 12.1 Å². The number of nitrogens with one attached hydrogen (secondary N) is 1. The van der Waals surface area contributed by atoms with Crippen LogP contribution in [0.5, 0.6) is 5.75 Å². The molecule has 1 aromatic carbocycles. The van der Waals surface area contributed by atoms with Crippen LogP contribution in [0.3, 0.4) is 0 Å². The van der Waals surface area contributed by atoms with Crippen LogP contribution < -0.4 is 10.1 Å². The average molecular weight is 378 g/mol. The summed E-state index contributed by atoms with van der Waals surface area (Å²) in [5, 5.41) is 3.23. The second-order valence-electron chi connectivity index (χ2n) is 5.62. The lowest BCUT2D eigenvalue weighted by Crippen LogP contribution is -2.14. The molecule has 1 N–H and O–H groups in total. The predicted octanol–water partition coefficient (Wildman–Crippen LogP) is 5.18. The maximum atomic E-state index is 12.7. The standard InChI is InChI=1S/C18H16F2N2O3S/c1-9-5-4-6-12(25-18(19)20)14(9)22-16(23)15-11(3)21-17(26-15)13-8-7-10(2)24-13/h4-8,18H,1-3H3,(H,22,23). The van der Waals surface area contributed by atoms with Crippen LogP contribution in [-0.2, 0) is 0 Å². The number of carbonyl (C=O) groups excluding carboxylic acids is 1. The van der Waals surface area contributed by atoms with Crippen molar-refractivity contribution in [2.24, 2.45) is 0 Å². The zero-order valence-corrected chi connectivity index (χ0v) is 15.1. The van der Waals surface area contributed by atoms with Crippen LogP contribution in [0.15, 0.2) is 34.7 Å². The van der Waals surface area contributed by atoms with Gasteiger partial charge in [-0.15, -0.1) is 11.3 Å². The first kappa shape index (κ1) is 18.1. The van der Waals surface area contributed by atoms with E-state index in [0.29, 0.717) is 26.9 Å². The molecule has 1 amide bonds. The number of halogens is 2. The topological polar surface area (TPSA) is 64.4 Å². The van der Waals surface area contributed by atoms with Gasteiger partial charge in [-0.2, -0.15) is 8.78 Å². The molecule has 0 fully saturated rings. The molecule has 0 aliphatic rings. The van der Waals surface area contributed by atoms with Crippen molar-refractivity contribution in [2.75, 3.05) is 5.32 Å². The summed E-state index contributed by atoms with van der Waals surface area (Å²) in [5.41, 5.74) is 1.35. The maximum absolute atomic E-state index is 12.7. The predicted molar refractivity (Wildman–Crippen MR) is 95.1 cm³/mol. The fraction of sp³-hybridized carbons (Fsp3) is 0.222. The average Bonchev–Trinajstić information content (AvgIpc) is 3.16. The van der Waals surface area contributed by atoms with Gasteiger partial charge in [-0.25, -0.2) is 4.98 Å². The van der Waals surface area contributed by atoms with Crippen molar-refractivity contribution < 1.29 is 22.7 Å². The Morgan fingerprint density at radius 1 is 1.23 bits per heavy atom. The van der Waals surface area contributed by atoms with Gasteiger partial charge in [0.25, 0.3) is 5.91 Å². The number of hydrogen-bond donors (Lipinski definition) is 1. The van der Waals surface area contributed by atoms with Crippen molar-refractivity contribution in [2.45, 2.75) is 27.4 Å². The second-order valence-corrected chi connectivity index (χ2v) is 6.62. The summed E-state index contributed by atoms with van der Waals surface area (Å²) >= 11 is 1.17. The zero-order valence-electron chi connectivity index (χ0n) is 14.3.